The number of amides is 2. The number of carbonyl (C=O) groups is 2. The Bertz CT molecular complexity index is 726. The molecule has 3 fully saturated rings. The largest absolute Gasteiger partial charge is 0.350 e. The van der Waals surface area contributed by atoms with E-state index < -0.39 is 0 Å². The van der Waals surface area contributed by atoms with E-state index in [-0.39, 0.29) is 23.3 Å². The smallest absolute Gasteiger partial charge is 0.251 e. The number of nitrogens with zero attached hydrogens (tertiary/aromatic N) is 1. The fourth-order valence-electron chi connectivity index (χ4n) is 4.68. The van der Waals surface area contributed by atoms with E-state index in [0.29, 0.717) is 23.7 Å². The van der Waals surface area contributed by atoms with Crippen molar-refractivity contribution >= 4 is 29.3 Å². The van der Waals surface area contributed by atoms with Gasteiger partial charge in [0.1, 0.15) is 0 Å². The molecule has 0 radical (unpaired) electrons. The lowest BCUT2D eigenvalue weighted by Crippen LogP contribution is -2.56. The van der Waals surface area contributed by atoms with Crippen LogP contribution in [0.15, 0.2) is 24.3 Å². The van der Waals surface area contributed by atoms with Gasteiger partial charge in [0.05, 0.1) is 0 Å². The Morgan fingerprint density at radius 2 is 1.93 bits per heavy atom. The Balaban J connectivity index is 1.37. The van der Waals surface area contributed by atoms with Crippen LogP contribution in [-0.2, 0) is 4.79 Å². The van der Waals surface area contributed by atoms with E-state index in [1.165, 1.54) is 37.2 Å². The van der Waals surface area contributed by atoms with Gasteiger partial charge in [-0.15, -0.1) is 0 Å². The van der Waals surface area contributed by atoms with Crippen LogP contribution in [0.5, 0.6) is 0 Å². The number of rotatable bonds is 6. The van der Waals surface area contributed by atoms with Crippen molar-refractivity contribution < 1.29 is 9.59 Å². The predicted molar refractivity (Wildman–Crippen MR) is 115 cm³/mol. The van der Waals surface area contributed by atoms with E-state index in [0.717, 1.165) is 19.5 Å². The van der Waals surface area contributed by atoms with Gasteiger partial charge in [-0.2, -0.15) is 11.8 Å². The lowest BCUT2D eigenvalue weighted by Gasteiger charge is -2.43. The van der Waals surface area contributed by atoms with Crippen molar-refractivity contribution in [3.63, 3.8) is 0 Å². The van der Waals surface area contributed by atoms with Gasteiger partial charge in [-0.05, 0) is 43.4 Å². The second-order valence-electron chi connectivity index (χ2n) is 8.60. The molecular weight excluding hydrogens is 370 g/mol. The summed E-state index contributed by atoms with van der Waals surface area (Å²) in [5.74, 6) is 3.00. The fourth-order valence-corrected chi connectivity index (χ4v) is 5.59. The highest BCUT2D eigenvalue weighted by Gasteiger charge is 2.40. The van der Waals surface area contributed by atoms with Crippen molar-refractivity contribution in [2.45, 2.75) is 44.6 Å². The van der Waals surface area contributed by atoms with Crippen LogP contribution in [0.4, 0.5) is 5.69 Å². The van der Waals surface area contributed by atoms with Gasteiger partial charge in [-0.1, -0.05) is 25.8 Å². The second-order valence-corrected chi connectivity index (χ2v) is 9.83. The molecule has 2 saturated carbocycles. The normalized spacial score (nSPS) is 26.6. The zero-order valence-corrected chi connectivity index (χ0v) is 17.5. The Kier molecular flexibility index (Phi) is 5.97. The Morgan fingerprint density at radius 1 is 1.21 bits per heavy atom. The van der Waals surface area contributed by atoms with Gasteiger partial charge < -0.3 is 10.6 Å². The van der Waals surface area contributed by atoms with Crippen LogP contribution in [0.25, 0.3) is 0 Å². The Labute approximate surface area is 172 Å². The zero-order valence-electron chi connectivity index (χ0n) is 16.7. The SMILES string of the molecule is CC1CC1C(=O)Nc1cccc(C(=O)NCC2(N3CCSCC3)CCCC2)c1. The zero-order chi connectivity index (χ0) is 19.6. The minimum atomic E-state index is -0.0476. The van der Waals surface area contributed by atoms with E-state index in [9.17, 15) is 9.59 Å². The summed E-state index contributed by atoms with van der Waals surface area (Å²) in [5.41, 5.74) is 1.45. The molecule has 1 saturated heterocycles. The quantitative estimate of drug-likeness (QED) is 0.767. The third-order valence-electron chi connectivity index (χ3n) is 6.63. The summed E-state index contributed by atoms with van der Waals surface area (Å²) in [7, 11) is 0. The van der Waals surface area contributed by atoms with Crippen LogP contribution in [0, 0.1) is 11.8 Å². The first-order valence-electron chi connectivity index (χ1n) is 10.6. The minimum Gasteiger partial charge on any atom is -0.350 e. The summed E-state index contributed by atoms with van der Waals surface area (Å²) in [6.07, 6.45) is 5.81. The third kappa shape index (κ3) is 4.38. The summed E-state index contributed by atoms with van der Waals surface area (Å²) in [4.78, 5) is 27.6. The van der Waals surface area contributed by atoms with E-state index in [2.05, 4.69) is 22.5 Å². The summed E-state index contributed by atoms with van der Waals surface area (Å²) in [6, 6.07) is 7.31. The molecule has 0 bridgehead atoms. The van der Waals surface area contributed by atoms with Crippen LogP contribution >= 0.6 is 11.8 Å². The van der Waals surface area contributed by atoms with Crippen molar-refractivity contribution in [2.75, 3.05) is 36.5 Å². The molecule has 28 heavy (non-hydrogen) atoms. The lowest BCUT2D eigenvalue weighted by atomic mass is 9.94. The number of nitrogens with one attached hydrogen (secondary N) is 2. The number of hydrogen-bond acceptors (Lipinski definition) is 4. The molecule has 3 aliphatic rings. The highest BCUT2D eigenvalue weighted by atomic mass is 32.2. The Morgan fingerprint density at radius 3 is 2.61 bits per heavy atom. The molecule has 0 spiro atoms. The molecule has 1 aromatic carbocycles. The second kappa shape index (κ2) is 8.46. The van der Waals surface area contributed by atoms with E-state index in [4.69, 9.17) is 0 Å². The maximum atomic E-state index is 12.8. The van der Waals surface area contributed by atoms with Crippen LogP contribution in [0.3, 0.4) is 0 Å². The fraction of sp³-hybridized carbons (Fsp3) is 0.636. The number of anilines is 1. The van der Waals surface area contributed by atoms with Crippen LogP contribution in [0.1, 0.15) is 49.4 Å². The molecule has 2 unspecified atom stereocenters. The summed E-state index contributed by atoms with van der Waals surface area (Å²) >= 11 is 2.03. The molecule has 1 heterocycles. The van der Waals surface area contributed by atoms with Gasteiger partial charge >= 0.3 is 0 Å². The monoisotopic (exact) mass is 401 g/mol. The molecule has 2 aliphatic carbocycles. The van der Waals surface area contributed by atoms with Crippen molar-refractivity contribution in [1.29, 1.82) is 0 Å². The maximum Gasteiger partial charge on any atom is 0.251 e. The van der Waals surface area contributed by atoms with Crippen LogP contribution < -0.4 is 10.6 Å². The van der Waals surface area contributed by atoms with Gasteiger partial charge in [-0.25, -0.2) is 0 Å². The third-order valence-corrected chi connectivity index (χ3v) is 7.58. The number of thioether (sulfide) groups is 1. The van der Waals surface area contributed by atoms with Crippen LogP contribution in [0.2, 0.25) is 0 Å². The molecule has 5 nitrogen and oxygen atoms in total. The first kappa shape index (κ1) is 19.8. The average molecular weight is 402 g/mol. The molecule has 6 heteroatoms. The number of carbonyl (C=O) groups excluding carboxylic acids is 2. The van der Waals surface area contributed by atoms with Crippen molar-refractivity contribution in [3.8, 4) is 0 Å². The molecule has 4 rings (SSSR count). The summed E-state index contributed by atoms with van der Waals surface area (Å²) in [6.45, 7) is 5.06. The van der Waals surface area contributed by atoms with Gasteiger partial charge in [0.15, 0.2) is 0 Å². The highest BCUT2D eigenvalue weighted by molar-refractivity contribution is 7.99. The van der Waals surface area contributed by atoms with Gasteiger partial charge in [0.25, 0.3) is 5.91 Å². The standard InChI is InChI=1S/C22H31N3O2S/c1-16-13-19(16)21(27)24-18-6-4-5-17(14-18)20(26)23-15-22(7-2-3-8-22)25-9-11-28-12-10-25/h4-6,14,16,19H,2-3,7-13,15H2,1H3,(H,23,26)(H,24,27). The predicted octanol–water partition coefficient (Wildman–Crippen LogP) is 3.37. The molecule has 0 aromatic heterocycles. The first-order valence-corrected chi connectivity index (χ1v) is 11.7. The van der Waals surface area contributed by atoms with Crippen molar-refractivity contribution in [1.82, 2.24) is 10.2 Å². The maximum absolute atomic E-state index is 12.8. The molecule has 1 aromatic rings. The van der Waals surface area contributed by atoms with Gasteiger partial charge in [-0.3, -0.25) is 14.5 Å². The molecule has 2 amide bonds. The lowest BCUT2D eigenvalue weighted by molar-refractivity contribution is -0.117. The van der Waals surface area contributed by atoms with E-state index >= 15 is 0 Å². The molecule has 2 atom stereocenters. The molecular formula is C22H31N3O2S. The topological polar surface area (TPSA) is 61.4 Å². The van der Waals surface area contributed by atoms with Crippen LogP contribution in [-0.4, -0.2) is 53.4 Å². The van der Waals surface area contributed by atoms with Crippen molar-refractivity contribution in [2.24, 2.45) is 11.8 Å². The van der Waals surface area contributed by atoms with Crippen molar-refractivity contribution in [3.05, 3.63) is 29.8 Å². The molecule has 152 valence electrons. The van der Waals surface area contributed by atoms with Gasteiger partial charge in [0.2, 0.25) is 5.91 Å². The van der Waals surface area contributed by atoms with Gasteiger partial charge in [0, 0.05) is 53.8 Å². The highest BCUT2D eigenvalue weighted by Crippen LogP contribution is 2.38. The molecule has 1 aliphatic heterocycles. The number of benzene rings is 1. The molecule has 2 N–H and O–H groups in total. The summed E-state index contributed by atoms with van der Waals surface area (Å²) < 4.78 is 0. The number of hydrogen-bond donors (Lipinski definition) is 2. The Hall–Kier alpha value is -1.53. The summed E-state index contributed by atoms with van der Waals surface area (Å²) in [5, 5.41) is 6.16. The van der Waals surface area contributed by atoms with E-state index in [1.807, 2.05) is 30.0 Å². The van der Waals surface area contributed by atoms with E-state index in [1.54, 1.807) is 6.07 Å². The average Bonchev–Trinajstić information content (AvgIpc) is 3.26. The minimum absolute atomic E-state index is 0.0476. The first-order chi connectivity index (χ1) is 13.6.